The fourth-order valence-corrected chi connectivity index (χ4v) is 11.4. The number of nitrogens with zero attached hydrogens (tertiary/aromatic N) is 1. The number of ether oxygens (including phenoxy) is 2. The van der Waals surface area contributed by atoms with Gasteiger partial charge in [-0.2, -0.15) is 0 Å². The van der Waals surface area contributed by atoms with Gasteiger partial charge in [0.25, 0.3) is 0 Å². The summed E-state index contributed by atoms with van der Waals surface area (Å²) in [6, 6.07) is 0. The molecule has 0 aromatic heterocycles. The zero-order valence-corrected chi connectivity index (χ0v) is 56.1. The van der Waals surface area contributed by atoms with Gasteiger partial charge in [0.15, 0.2) is 6.10 Å². The molecule has 0 aliphatic rings. The van der Waals surface area contributed by atoms with Crippen LogP contribution in [0.3, 0.4) is 0 Å². The molecule has 2 unspecified atom stereocenters. The SMILES string of the molecule is CCCCCCC/C=C\C/C=C\C/C=C\CCCCCCCCC(=O)OC(COC(=O)CCCCCCCCCCCCCCCCCCCCCCCCCCCCCCCCCCCCCCC)COP(=O)(O)OCC[N+](C)(C)C. The number of quaternary nitrogens is 1. The monoisotopic (exact) mass is 1180 g/mol. The molecule has 0 heterocycles. The number of likely N-dealkylation sites (N-methyl/N-ethyl adjacent to an activating group) is 1. The Kier molecular flexibility index (Phi) is 62.3. The quantitative estimate of drug-likeness (QED) is 0.0211. The van der Waals surface area contributed by atoms with Crippen molar-refractivity contribution in [3.8, 4) is 0 Å². The van der Waals surface area contributed by atoms with E-state index in [1.54, 1.807) is 0 Å². The molecule has 0 bridgehead atoms. The van der Waals surface area contributed by atoms with E-state index >= 15 is 0 Å². The van der Waals surface area contributed by atoms with Crippen molar-refractivity contribution in [2.24, 2.45) is 0 Å². The topological polar surface area (TPSA) is 108 Å². The predicted molar refractivity (Wildman–Crippen MR) is 354 cm³/mol. The minimum atomic E-state index is -4.39. The maximum atomic E-state index is 12.8. The van der Waals surface area contributed by atoms with E-state index in [2.05, 4.69) is 50.3 Å². The Morgan fingerprint density at radius 2 is 0.659 bits per heavy atom. The molecular weight excluding hydrogens is 1040 g/mol. The van der Waals surface area contributed by atoms with Crippen LogP contribution in [-0.2, 0) is 32.7 Å². The number of rotatable bonds is 67. The molecule has 0 spiro atoms. The number of allylic oxidation sites excluding steroid dienone is 6. The van der Waals surface area contributed by atoms with E-state index in [4.69, 9.17) is 18.5 Å². The largest absolute Gasteiger partial charge is 0.472 e. The van der Waals surface area contributed by atoms with E-state index in [-0.39, 0.29) is 25.6 Å². The first-order valence-corrected chi connectivity index (χ1v) is 37.2. The van der Waals surface area contributed by atoms with Gasteiger partial charge in [-0.15, -0.1) is 0 Å². The molecular formula is C72H139NO8P+. The average molecular weight is 1180 g/mol. The summed E-state index contributed by atoms with van der Waals surface area (Å²) in [6.07, 6.45) is 81.3. The Labute approximate surface area is 510 Å². The second-order valence-corrected chi connectivity index (χ2v) is 27.1. The van der Waals surface area contributed by atoms with E-state index in [0.29, 0.717) is 23.9 Å². The van der Waals surface area contributed by atoms with Crippen LogP contribution in [0.15, 0.2) is 36.5 Å². The zero-order chi connectivity index (χ0) is 59.8. The second-order valence-electron chi connectivity index (χ2n) is 25.6. The van der Waals surface area contributed by atoms with Crippen molar-refractivity contribution in [1.82, 2.24) is 0 Å². The molecule has 0 amide bonds. The van der Waals surface area contributed by atoms with Crippen molar-refractivity contribution in [3.05, 3.63) is 36.5 Å². The summed E-state index contributed by atoms with van der Waals surface area (Å²) in [4.78, 5) is 35.8. The van der Waals surface area contributed by atoms with Crippen LogP contribution < -0.4 is 0 Å². The van der Waals surface area contributed by atoms with Gasteiger partial charge < -0.3 is 18.9 Å². The molecule has 0 aromatic carbocycles. The summed E-state index contributed by atoms with van der Waals surface area (Å²) in [5.41, 5.74) is 0. The van der Waals surface area contributed by atoms with Crippen molar-refractivity contribution in [1.29, 1.82) is 0 Å². The highest BCUT2D eigenvalue weighted by molar-refractivity contribution is 7.47. The molecule has 82 heavy (non-hydrogen) atoms. The average Bonchev–Trinajstić information content (AvgIpc) is 3.46. The molecule has 0 aliphatic heterocycles. The van der Waals surface area contributed by atoms with Crippen LogP contribution in [0.25, 0.3) is 0 Å². The van der Waals surface area contributed by atoms with Gasteiger partial charge in [0, 0.05) is 12.8 Å². The van der Waals surface area contributed by atoms with Gasteiger partial charge in [-0.1, -0.05) is 333 Å². The highest BCUT2D eigenvalue weighted by Gasteiger charge is 2.27. The van der Waals surface area contributed by atoms with Gasteiger partial charge in [-0.25, -0.2) is 4.57 Å². The molecule has 0 aliphatic carbocycles. The lowest BCUT2D eigenvalue weighted by Gasteiger charge is -2.24. The van der Waals surface area contributed by atoms with Crippen LogP contribution >= 0.6 is 7.82 Å². The molecule has 9 nitrogen and oxygen atoms in total. The first kappa shape index (κ1) is 80.2. The van der Waals surface area contributed by atoms with E-state index in [1.807, 2.05) is 21.1 Å². The summed E-state index contributed by atoms with van der Waals surface area (Å²) >= 11 is 0. The summed E-state index contributed by atoms with van der Waals surface area (Å²) in [6.45, 7) is 4.47. The van der Waals surface area contributed by atoms with Crippen molar-refractivity contribution in [3.63, 3.8) is 0 Å². The number of phosphoric ester groups is 1. The Morgan fingerprint density at radius 1 is 0.378 bits per heavy atom. The molecule has 0 rings (SSSR count). The van der Waals surface area contributed by atoms with Gasteiger partial charge in [0.2, 0.25) is 0 Å². The Bertz CT molecular complexity index is 1480. The van der Waals surface area contributed by atoms with E-state index in [0.717, 1.165) is 70.6 Å². The smallest absolute Gasteiger partial charge is 0.462 e. The van der Waals surface area contributed by atoms with Crippen molar-refractivity contribution in [2.45, 2.75) is 367 Å². The molecule has 10 heteroatoms. The maximum Gasteiger partial charge on any atom is 0.472 e. The lowest BCUT2D eigenvalue weighted by molar-refractivity contribution is -0.870. The van der Waals surface area contributed by atoms with Crippen LogP contribution in [0.2, 0.25) is 0 Å². The minimum absolute atomic E-state index is 0.0302. The second kappa shape index (κ2) is 63.7. The number of phosphoric acid groups is 1. The fraction of sp³-hybridized carbons (Fsp3) is 0.889. The molecule has 0 radical (unpaired) electrons. The van der Waals surface area contributed by atoms with E-state index in [1.165, 1.54) is 257 Å². The van der Waals surface area contributed by atoms with Gasteiger partial charge >= 0.3 is 19.8 Å². The van der Waals surface area contributed by atoms with Crippen LogP contribution in [-0.4, -0.2) is 74.9 Å². The molecule has 0 fully saturated rings. The molecule has 0 saturated carbocycles. The fourth-order valence-electron chi connectivity index (χ4n) is 10.7. The number of esters is 2. The number of hydrogen-bond donors (Lipinski definition) is 1. The molecule has 1 N–H and O–H groups in total. The van der Waals surface area contributed by atoms with Gasteiger partial charge in [-0.3, -0.25) is 18.6 Å². The third kappa shape index (κ3) is 67.4. The van der Waals surface area contributed by atoms with Gasteiger partial charge in [-0.05, 0) is 51.4 Å². The third-order valence-electron chi connectivity index (χ3n) is 16.2. The van der Waals surface area contributed by atoms with Gasteiger partial charge in [0.1, 0.15) is 19.8 Å². The minimum Gasteiger partial charge on any atom is -0.462 e. The Morgan fingerprint density at radius 3 is 0.976 bits per heavy atom. The first-order valence-electron chi connectivity index (χ1n) is 35.7. The van der Waals surface area contributed by atoms with E-state index in [9.17, 15) is 19.0 Å². The van der Waals surface area contributed by atoms with E-state index < -0.39 is 26.5 Å². The summed E-state index contributed by atoms with van der Waals surface area (Å²) < 4.78 is 34.7. The normalized spacial score (nSPS) is 13.3. The number of carbonyl (C=O) groups excluding carboxylic acids is 2. The number of carbonyl (C=O) groups is 2. The van der Waals surface area contributed by atoms with Crippen LogP contribution in [0.5, 0.6) is 0 Å². The summed E-state index contributed by atoms with van der Waals surface area (Å²) in [7, 11) is 1.48. The maximum absolute atomic E-state index is 12.8. The van der Waals surface area contributed by atoms with Crippen LogP contribution in [0, 0.1) is 0 Å². The predicted octanol–water partition coefficient (Wildman–Crippen LogP) is 23.1. The lowest BCUT2D eigenvalue weighted by Crippen LogP contribution is -2.37. The molecule has 0 saturated heterocycles. The standard InChI is InChI=1S/C72H138NO8P/c1-6-8-10-12-14-16-18-20-22-24-26-28-29-30-31-32-33-34-35-36-37-38-39-40-41-42-43-45-46-48-50-52-54-56-58-60-62-64-71(74)78-68-70(69-80-82(76,77)79-67-66-73(3,4)5)81-72(75)65-63-61-59-57-55-53-51-49-47-44-27-25-23-21-19-17-15-13-11-9-7-2/h19,21,25,27,47,49,70H,6-18,20,22-24,26,28-46,48,50-69H2,1-5H3/p+1/b21-19-,27-25-,49-47-. The summed E-state index contributed by atoms with van der Waals surface area (Å²) in [5, 5.41) is 0. The number of hydrogen-bond acceptors (Lipinski definition) is 7. The highest BCUT2D eigenvalue weighted by Crippen LogP contribution is 2.43. The third-order valence-corrected chi connectivity index (χ3v) is 17.2. The zero-order valence-electron chi connectivity index (χ0n) is 55.3. The molecule has 2 atom stereocenters. The van der Waals surface area contributed by atoms with Gasteiger partial charge in [0.05, 0.1) is 27.7 Å². The molecule has 0 aromatic rings. The molecule has 484 valence electrons. The van der Waals surface area contributed by atoms with Crippen molar-refractivity contribution >= 4 is 19.8 Å². The first-order chi connectivity index (χ1) is 40.0. The number of unbranched alkanes of at least 4 members (excludes halogenated alkanes) is 47. The Hall–Kier alpha value is -1.77. The lowest BCUT2D eigenvalue weighted by atomic mass is 10.0. The Balaban J connectivity index is 3.93. The van der Waals surface area contributed by atoms with Crippen LogP contribution in [0.4, 0.5) is 0 Å². The van der Waals surface area contributed by atoms with Crippen molar-refractivity contribution in [2.75, 3.05) is 47.5 Å². The van der Waals surface area contributed by atoms with Crippen LogP contribution in [0.1, 0.15) is 361 Å². The summed E-state index contributed by atoms with van der Waals surface area (Å²) in [5.74, 6) is -0.795. The van der Waals surface area contributed by atoms with Crippen molar-refractivity contribution < 1.29 is 42.1 Å². The highest BCUT2D eigenvalue weighted by atomic mass is 31.2.